The monoisotopic (exact) mass is 332 g/mol. The van der Waals surface area contributed by atoms with E-state index in [0.29, 0.717) is 5.56 Å². The topological polar surface area (TPSA) is 105 Å². The minimum atomic E-state index is -1.28. The molecule has 0 radical (unpaired) electrons. The molecule has 2 N–H and O–H groups in total. The molecule has 2 aliphatic rings. The fourth-order valence-corrected chi connectivity index (χ4v) is 4.11. The smallest absolute Gasteiger partial charge is 0.269 e. The highest BCUT2D eigenvalue weighted by molar-refractivity contribution is 6.07. The molecule has 8 nitrogen and oxygen atoms in total. The number of hydrogen-bond donors (Lipinski definition) is 2. The van der Waals surface area contributed by atoms with Gasteiger partial charge in [0.1, 0.15) is 0 Å². The molecule has 0 bridgehead atoms. The number of rotatable bonds is 3. The lowest BCUT2D eigenvalue weighted by Crippen LogP contribution is -2.63. The summed E-state index contributed by atoms with van der Waals surface area (Å²) in [4.78, 5) is 38.1. The van der Waals surface area contributed by atoms with Gasteiger partial charge in [0.25, 0.3) is 5.69 Å². The van der Waals surface area contributed by atoms with Crippen LogP contribution in [0.25, 0.3) is 0 Å². The van der Waals surface area contributed by atoms with Crippen LogP contribution in [0.3, 0.4) is 0 Å². The predicted molar refractivity (Wildman–Crippen MR) is 87.7 cm³/mol. The van der Waals surface area contributed by atoms with E-state index in [1.165, 1.54) is 26.2 Å². The van der Waals surface area contributed by atoms with E-state index in [0.717, 1.165) is 25.1 Å². The highest BCUT2D eigenvalue weighted by atomic mass is 16.6. The zero-order valence-corrected chi connectivity index (χ0v) is 13.7. The van der Waals surface area contributed by atoms with Crippen molar-refractivity contribution >= 4 is 23.2 Å². The van der Waals surface area contributed by atoms with Crippen LogP contribution in [0.2, 0.25) is 0 Å². The lowest BCUT2D eigenvalue weighted by Gasteiger charge is -2.45. The first kappa shape index (κ1) is 16.2. The number of nitro groups is 1. The van der Waals surface area contributed by atoms with Crippen LogP contribution in [-0.2, 0) is 16.0 Å². The first-order valence-electron chi connectivity index (χ1n) is 7.94. The summed E-state index contributed by atoms with van der Waals surface area (Å²) in [5, 5.41) is 16.3. The maximum atomic E-state index is 12.7. The summed E-state index contributed by atoms with van der Waals surface area (Å²) in [6.45, 7) is 0.727. The average Bonchev–Trinajstić information content (AvgIpc) is 3.09. The average molecular weight is 332 g/mol. The Morgan fingerprint density at radius 2 is 1.96 bits per heavy atom. The van der Waals surface area contributed by atoms with Gasteiger partial charge in [-0.1, -0.05) is 0 Å². The number of nitrogens with one attached hydrogen (secondary N) is 2. The van der Waals surface area contributed by atoms with Crippen LogP contribution < -0.4 is 15.5 Å². The van der Waals surface area contributed by atoms with Crippen molar-refractivity contribution in [2.24, 2.45) is 5.41 Å². The van der Waals surface area contributed by atoms with Crippen molar-refractivity contribution < 1.29 is 14.5 Å². The molecule has 2 amide bonds. The Bertz CT molecular complexity index is 702. The van der Waals surface area contributed by atoms with E-state index in [-0.39, 0.29) is 30.0 Å². The summed E-state index contributed by atoms with van der Waals surface area (Å²) >= 11 is 0. The quantitative estimate of drug-likeness (QED) is 0.479. The molecule has 0 unspecified atom stereocenters. The normalized spacial score (nSPS) is 20.8. The summed E-state index contributed by atoms with van der Waals surface area (Å²) < 4.78 is 0. The third-order valence-corrected chi connectivity index (χ3v) is 5.14. The Kier molecular flexibility index (Phi) is 3.90. The Morgan fingerprint density at radius 3 is 2.54 bits per heavy atom. The van der Waals surface area contributed by atoms with Crippen LogP contribution in [0.5, 0.6) is 0 Å². The van der Waals surface area contributed by atoms with Gasteiger partial charge in [-0.05, 0) is 24.5 Å². The molecule has 128 valence electrons. The third kappa shape index (κ3) is 2.13. The molecule has 0 aliphatic carbocycles. The van der Waals surface area contributed by atoms with Gasteiger partial charge in [0, 0.05) is 44.9 Å². The standard InChI is InChI=1S/C16H20N4O4/c1-17-14(21)16(15(22)18-2)9-10-8-11(20(23)24)5-6-12(10)19-7-3-4-13(16)19/h5-6,8,13H,3-4,7,9H2,1-2H3,(H,17,21)(H,18,22)/t13-/m0/s1. The van der Waals surface area contributed by atoms with Gasteiger partial charge >= 0.3 is 0 Å². The van der Waals surface area contributed by atoms with Crippen molar-refractivity contribution in [3.8, 4) is 0 Å². The minimum absolute atomic E-state index is 0.0332. The van der Waals surface area contributed by atoms with E-state index in [2.05, 4.69) is 10.6 Å². The van der Waals surface area contributed by atoms with Gasteiger partial charge in [0.05, 0.1) is 11.0 Å². The third-order valence-electron chi connectivity index (χ3n) is 5.14. The molecule has 1 saturated heterocycles. The van der Waals surface area contributed by atoms with E-state index in [4.69, 9.17) is 0 Å². The van der Waals surface area contributed by atoms with E-state index in [9.17, 15) is 19.7 Å². The largest absolute Gasteiger partial charge is 0.367 e. The maximum absolute atomic E-state index is 12.7. The van der Waals surface area contributed by atoms with Crippen molar-refractivity contribution in [1.29, 1.82) is 0 Å². The van der Waals surface area contributed by atoms with Gasteiger partial charge in [-0.3, -0.25) is 19.7 Å². The van der Waals surface area contributed by atoms with Crippen LogP contribution in [0.15, 0.2) is 18.2 Å². The van der Waals surface area contributed by atoms with Crippen LogP contribution in [0.4, 0.5) is 11.4 Å². The number of nitrogens with zero attached hydrogens (tertiary/aromatic N) is 2. The van der Waals surface area contributed by atoms with E-state index in [1.54, 1.807) is 6.07 Å². The molecule has 1 atom stereocenters. The number of nitro benzene ring substituents is 1. The zero-order chi connectivity index (χ0) is 17.5. The Morgan fingerprint density at radius 1 is 1.29 bits per heavy atom. The lowest BCUT2D eigenvalue weighted by atomic mass is 9.69. The maximum Gasteiger partial charge on any atom is 0.269 e. The number of fused-ring (bicyclic) bond motifs is 3. The SMILES string of the molecule is CNC(=O)C1(C(=O)NC)Cc2cc([N+](=O)[O-])ccc2N2CCC[C@H]21. The van der Waals surface area contributed by atoms with E-state index in [1.807, 2.05) is 4.90 Å². The second-order valence-corrected chi connectivity index (χ2v) is 6.23. The van der Waals surface area contributed by atoms with Gasteiger partial charge in [-0.2, -0.15) is 0 Å². The fourth-order valence-electron chi connectivity index (χ4n) is 4.11. The fraction of sp³-hybridized carbons (Fsp3) is 0.500. The molecule has 24 heavy (non-hydrogen) atoms. The number of benzene rings is 1. The number of anilines is 1. The number of carbonyl (C=O) groups excluding carboxylic acids is 2. The van der Waals surface area contributed by atoms with Crippen LogP contribution in [-0.4, -0.2) is 43.4 Å². The van der Waals surface area contributed by atoms with Gasteiger partial charge in [-0.25, -0.2) is 0 Å². The second kappa shape index (κ2) is 5.77. The Hall–Kier alpha value is -2.64. The molecule has 8 heteroatoms. The highest BCUT2D eigenvalue weighted by Crippen LogP contribution is 2.47. The van der Waals surface area contributed by atoms with Crippen molar-refractivity contribution in [3.63, 3.8) is 0 Å². The summed E-state index contributed by atoms with van der Waals surface area (Å²) in [5.41, 5.74) is 0.234. The van der Waals surface area contributed by atoms with Crippen molar-refractivity contribution in [1.82, 2.24) is 10.6 Å². The number of carbonyl (C=O) groups is 2. The number of non-ortho nitro benzene ring substituents is 1. The summed E-state index contributed by atoms with van der Waals surface area (Å²) in [5.74, 6) is -0.702. The number of amides is 2. The Balaban J connectivity index is 2.19. The molecule has 1 aromatic rings. The number of hydrogen-bond acceptors (Lipinski definition) is 5. The van der Waals surface area contributed by atoms with Gasteiger partial charge in [-0.15, -0.1) is 0 Å². The first-order chi connectivity index (χ1) is 11.5. The lowest BCUT2D eigenvalue weighted by molar-refractivity contribution is -0.384. The summed E-state index contributed by atoms with van der Waals surface area (Å²) in [6, 6.07) is 4.43. The van der Waals surface area contributed by atoms with Gasteiger partial charge < -0.3 is 15.5 Å². The molecule has 0 saturated carbocycles. The van der Waals surface area contributed by atoms with E-state index >= 15 is 0 Å². The summed E-state index contributed by atoms with van der Waals surface area (Å²) in [7, 11) is 3.02. The van der Waals surface area contributed by atoms with Crippen molar-refractivity contribution in [2.45, 2.75) is 25.3 Å². The molecule has 0 aromatic heterocycles. The summed E-state index contributed by atoms with van der Waals surface area (Å²) in [6.07, 6.45) is 1.76. The highest BCUT2D eigenvalue weighted by Gasteiger charge is 2.57. The Labute approximate surface area is 139 Å². The van der Waals surface area contributed by atoms with Crippen LogP contribution in [0, 0.1) is 15.5 Å². The minimum Gasteiger partial charge on any atom is -0.367 e. The van der Waals surface area contributed by atoms with Crippen molar-refractivity contribution in [3.05, 3.63) is 33.9 Å². The van der Waals surface area contributed by atoms with Crippen LogP contribution >= 0.6 is 0 Å². The van der Waals surface area contributed by atoms with Crippen LogP contribution in [0.1, 0.15) is 18.4 Å². The molecule has 2 heterocycles. The zero-order valence-electron chi connectivity index (χ0n) is 13.7. The predicted octanol–water partition coefficient (Wildman–Crippen LogP) is 0.598. The van der Waals surface area contributed by atoms with Gasteiger partial charge in [0.2, 0.25) is 11.8 Å². The molecule has 3 rings (SSSR count). The molecule has 0 spiro atoms. The van der Waals surface area contributed by atoms with Crippen molar-refractivity contribution in [2.75, 3.05) is 25.5 Å². The molecular formula is C16H20N4O4. The molecule has 1 fully saturated rings. The molecule has 1 aromatic carbocycles. The van der Waals surface area contributed by atoms with Gasteiger partial charge in [0.15, 0.2) is 5.41 Å². The first-order valence-corrected chi connectivity index (χ1v) is 7.94. The second-order valence-electron chi connectivity index (χ2n) is 6.23. The van der Waals surface area contributed by atoms with E-state index < -0.39 is 10.3 Å². The molecule has 2 aliphatic heterocycles. The molecular weight excluding hydrogens is 312 g/mol.